The van der Waals surface area contributed by atoms with E-state index in [2.05, 4.69) is 11.6 Å². The van der Waals surface area contributed by atoms with Crippen molar-refractivity contribution in [2.24, 2.45) is 0 Å². The lowest BCUT2D eigenvalue weighted by Crippen LogP contribution is -2.21. The van der Waals surface area contributed by atoms with Crippen molar-refractivity contribution in [1.29, 1.82) is 0 Å². The largest absolute Gasteiger partial charge is 0.314 e. The van der Waals surface area contributed by atoms with Crippen LogP contribution < -0.4 is 5.32 Å². The standard InChI is InChI=1S/C7H15NS/c1-9-6-4-7-3-2-5-8-7/h7-8H,2-6H2,1H3/t7-/m0/s1. The highest BCUT2D eigenvalue weighted by Gasteiger charge is 2.11. The van der Waals surface area contributed by atoms with Gasteiger partial charge in [-0.2, -0.15) is 11.8 Å². The summed E-state index contributed by atoms with van der Waals surface area (Å²) in [4.78, 5) is 0. The van der Waals surface area contributed by atoms with Gasteiger partial charge in [0.05, 0.1) is 0 Å². The Bertz CT molecular complexity index is 69.3. The Morgan fingerprint density at radius 2 is 2.56 bits per heavy atom. The van der Waals surface area contributed by atoms with Gasteiger partial charge in [-0.3, -0.25) is 0 Å². The van der Waals surface area contributed by atoms with Gasteiger partial charge < -0.3 is 5.32 Å². The maximum Gasteiger partial charge on any atom is 0.00753 e. The molecule has 1 nitrogen and oxygen atoms in total. The second-order valence-corrected chi connectivity index (χ2v) is 3.56. The van der Waals surface area contributed by atoms with E-state index in [-0.39, 0.29) is 0 Å². The number of thioether (sulfide) groups is 1. The lowest BCUT2D eigenvalue weighted by molar-refractivity contribution is 0.592. The second kappa shape index (κ2) is 4.18. The maximum atomic E-state index is 3.48. The Balaban J connectivity index is 1.98. The smallest absolute Gasteiger partial charge is 0.00753 e. The van der Waals surface area contributed by atoms with Crippen LogP contribution in [0.4, 0.5) is 0 Å². The van der Waals surface area contributed by atoms with E-state index in [9.17, 15) is 0 Å². The van der Waals surface area contributed by atoms with Crippen LogP contribution in [0.3, 0.4) is 0 Å². The fraction of sp³-hybridized carbons (Fsp3) is 1.00. The van der Waals surface area contributed by atoms with E-state index in [0.717, 1.165) is 6.04 Å². The third-order valence-electron chi connectivity index (χ3n) is 1.83. The van der Waals surface area contributed by atoms with Gasteiger partial charge in [-0.1, -0.05) is 0 Å². The summed E-state index contributed by atoms with van der Waals surface area (Å²) in [5, 5.41) is 3.48. The molecule has 0 unspecified atom stereocenters. The molecule has 1 heterocycles. The SMILES string of the molecule is CSCC[C@@H]1CCCN1. The Kier molecular flexibility index (Phi) is 3.44. The molecule has 0 radical (unpaired) electrons. The van der Waals surface area contributed by atoms with Crippen LogP contribution in [0.25, 0.3) is 0 Å². The number of rotatable bonds is 3. The van der Waals surface area contributed by atoms with E-state index in [1.807, 2.05) is 11.8 Å². The predicted octanol–water partition coefficient (Wildman–Crippen LogP) is 1.49. The van der Waals surface area contributed by atoms with E-state index in [1.165, 1.54) is 31.6 Å². The minimum Gasteiger partial charge on any atom is -0.314 e. The summed E-state index contributed by atoms with van der Waals surface area (Å²) in [5.74, 6) is 1.32. The molecule has 0 aromatic rings. The molecule has 1 saturated heterocycles. The van der Waals surface area contributed by atoms with Crippen molar-refractivity contribution in [1.82, 2.24) is 5.32 Å². The summed E-state index contributed by atoms with van der Waals surface area (Å²) in [6.07, 6.45) is 6.33. The van der Waals surface area contributed by atoms with Crippen LogP contribution in [0.15, 0.2) is 0 Å². The summed E-state index contributed by atoms with van der Waals surface area (Å²) in [6, 6.07) is 0.845. The molecule has 1 N–H and O–H groups in total. The highest BCUT2D eigenvalue weighted by molar-refractivity contribution is 7.98. The molecule has 0 aromatic heterocycles. The molecular formula is C7H15NS. The molecule has 1 rings (SSSR count). The summed E-state index contributed by atoms with van der Waals surface area (Å²) in [6.45, 7) is 1.25. The molecule has 54 valence electrons. The van der Waals surface area contributed by atoms with Gasteiger partial charge in [0.2, 0.25) is 0 Å². The van der Waals surface area contributed by atoms with Crippen LogP contribution in [0.2, 0.25) is 0 Å². The third-order valence-corrected chi connectivity index (χ3v) is 2.48. The van der Waals surface area contributed by atoms with Crippen molar-refractivity contribution in [2.75, 3.05) is 18.6 Å². The zero-order chi connectivity index (χ0) is 6.53. The summed E-state index contributed by atoms with van der Waals surface area (Å²) < 4.78 is 0. The lowest BCUT2D eigenvalue weighted by Gasteiger charge is -2.06. The minimum atomic E-state index is 0.845. The molecule has 2 heteroatoms. The van der Waals surface area contributed by atoms with Crippen LogP contribution in [0.5, 0.6) is 0 Å². The zero-order valence-electron chi connectivity index (χ0n) is 6.02. The molecule has 0 amide bonds. The molecule has 1 aliphatic rings. The molecule has 0 bridgehead atoms. The van der Waals surface area contributed by atoms with Crippen molar-refractivity contribution in [3.05, 3.63) is 0 Å². The quantitative estimate of drug-likeness (QED) is 0.646. The minimum absolute atomic E-state index is 0.845. The van der Waals surface area contributed by atoms with E-state index in [1.54, 1.807) is 0 Å². The van der Waals surface area contributed by atoms with E-state index in [4.69, 9.17) is 0 Å². The second-order valence-electron chi connectivity index (χ2n) is 2.57. The summed E-state index contributed by atoms with van der Waals surface area (Å²) in [5.41, 5.74) is 0. The van der Waals surface area contributed by atoms with Crippen molar-refractivity contribution < 1.29 is 0 Å². The molecule has 0 spiro atoms. The first kappa shape index (κ1) is 7.42. The average Bonchev–Trinajstić information content (AvgIpc) is 2.34. The van der Waals surface area contributed by atoms with Gasteiger partial charge in [0.15, 0.2) is 0 Å². The Morgan fingerprint density at radius 1 is 1.67 bits per heavy atom. The van der Waals surface area contributed by atoms with Crippen LogP contribution >= 0.6 is 11.8 Å². The van der Waals surface area contributed by atoms with Crippen LogP contribution in [-0.2, 0) is 0 Å². The van der Waals surface area contributed by atoms with Gasteiger partial charge in [-0.25, -0.2) is 0 Å². The molecule has 1 atom stereocenters. The molecule has 1 fully saturated rings. The average molecular weight is 145 g/mol. The van der Waals surface area contributed by atoms with Gasteiger partial charge in [-0.05, 0) is 37.8 Å². The molecule has 0 aromatic carbocycles. The maximum absolute atomic E-state index is 3.48. The predicted molar refractivity (Wildman–Crippen MR) is 44.0 cm³/mol. The van der Waals surface area contributed by atoms with Crippen LogP contribution in [0, 0.1) is 0 Å². The van der Waals surface area contributed by atoms with Crippen molar-refractivity contribution in [2.45, 2.75) is 25.3 Å². The number of hydrogen-bond donors (Lipinski definition) is 1. The van der Waals surface area contributed by atoms with Gasteiger partial charge in [-0.15, -0.1) is 0 Å². The molecule has 1 aliphatic heterocycles. The van der Waals surface area contributed by atoms with E-state index >= 15 is 0 Å². The van der Waals surface area contributed by atoms with Gasteiger partial charge >= 0.3 is 0 Å². The fourth-order valence-electron chi connectivity index (χ4n) is 1.26. The van der Waals surface area contributed by atoms with Crippen molar-refractivity contribution in [3.63, 3.8) is 0 Å². The molecular weight excluding hydrogens is 130 g/mol. The third kappa shape index (κ3) is 2.59. The van der Waals surface area contributed by atoms with Crippen molar-refractivity contribution >= 4 is 11.8 Å². The fourth-order valence-corrected chi connectivity index (χ4v) is 1.78. The topological polar surface area (TPSA) is 12.0 Å². The first-order valence-electron chi connectivity index (χ1n) is 3.66. The first-order chi connectivity index (χ1) is 4.43. The van der Waals surface area contributed by atoms with Gasteiger partial charge in [0, 0.05) is 6.04 Å². The Hall–Kier alpha value is 0.310. The number of nitrogens with one attached hydrogen (secondary N) is 1. The summed E-state index contributed by atoms with van der Waals surface area (Å²) in [7, 11) is 0. The van der Waals surface area contributed by atoms with Crippen molar-refractivity contribution in [3.8, 4) is 0 Å². The van der Waals surface area contributed by atoms with E-state index in [0.29, 0.717) is 0 Å². The molecule has 9 heavy (non-hydrogen) atoms. The highest BCUT2D eigenvalue weighted by Crippen LogP contribution is 2.10. The Morgan fingerprint density at radius 3 is 3.11 bits per heavy atom. The molecule has 0 saturated carbocycles. The first-order valence-corrected chi connectivity index (χ1v) is 5.05. The van der Waals surface area contributed by atoms with Crippen LogP contribution in [-0.4, -0.2) is 24.6 Å². The highest BCUT2D eigenvalue weighted by atomic mass is 32.2. The van der Waals surface area contributed by atoms with Crippen LogP contribution in [0.1, 0.15) is 19.3 Å². The number of hydrogen-bond acceptors (Lipinski definition) is 2. The normalized spacial score (nSPS) is 27.0. The van der Waals surface area contributed by atoms with Gasteiger partial charge in [0.25, 0.3) is 0 Å². The Labute approximate surface area is 61.6 Å². The zero-order valence-corrected chi connectivity index (χ0v) is 6.84. The monoisotopic (exact) mass is 145 g/mol. The summed E-state index contributed by atoms with van der Waals surface area (Å²) >= 11 is 1.95. The molecule has 0 aliphatic carbocycles. The lowest BCUT2D eigenvalue weighted by atomic mass is 10.2. The van der Waals surface area contributed by atoms with Gasteiger partial charge in [0.1, 0.15) is 0 Å². The van der Waals surface area contributed by atoms with E-state index < -0.39 is 0 Å².